The predicted octanol–water partition coefficient (Wildman–Crippen LogP) is 0.0586. The van der Waals surface area contributed by atoms with Gasteiger partial charge in [-0.05, 0) is 12.1 Å². The molecule has 1 aromatic carbocycles. The van der Waals surface area contributed by atoms with E-state index < -0.39 is 0 Å². The quantitative estimate of drug-likeness (QED) is 0.479. The largest absolute Gasteiger partial charge is 0.398 e. The van der Waals surface area contributed by atoms with Crippen LogP contribution in [0.15, 0.2) is 12.1 Å². The van der Waals surface area contributed by atoms with Gasteiger partial charge in [0.1, 0.15) is 0 Å². The van der Waals surface area contributed by atoms with Crippen molar-refractivity contribution in [1.82, 2.24) is 0 Å². The van der Waals surface area contributed by atoms with E-state index in [1.54, 1.807) is 12.1 Å². The molecule has 0 fully saturated rings. The van der Waals surface area contributed by atoms with Gasteiger partial charge in [0.2, 0.25) is 5.91 Å². The third kappa shape index (κ3) is 2.03. The van der Waals surface area contributed by atoms with Gasteiger partial charge in [-0.15, -0.1) is 0 Å². The van der Waals surface area contributed by atoms with Gasteiger partial charge in [-0.25, -0.2) is 0 Å². The molecule has 0 saturated heterocycles. The molecule has 14 heavy (non-hydrogen) atoms. The van der Waals surface area contributed by atoms with Gasteiger partial charge < -0.3 is 11.1 Å². The molecular weight excluding hydrogens is 202 g/mol. The summed E-state index contributed by atoms with van der Waals surface area (Å²) in [5.41, 5.74) is 7.11. The van der Waals surface area contributed by atoms with E-state index in [0.29, 0.717) is 22.0 Å². The maximum Gasteiger partial charge on any atom is 0.221 e. The van der Waals surface area contributed by atoms with Crippen molar-refractivity contribution in [3.63, 3.8) is 0 Å². The van der Waals surface area contributed by atoms with Crippen molar-refractivity contribution in [1.29, 1.82) is 0 Å². The van der Waals surface area contributed by atoms with Gasteiger partial charge in [0.25, 0.3) is 0 Å². The number of benzene rings is 1. The molecule has 0 aliphatic heterocycles. The topological polar surface area (TPSA) is 80.7 Å². The first kappa shape index (κ1) is 10.5. The highest BCUT2D eigenvalue weighted by Gasteiger charge is 2.11. The van der Waals surface area contributed by atoms with Gasteiger partial charge in [0.15, 0.2) is 6.21 Å². The molecule has 5 N–H and O–H groups in total. The first-order valence-corrected chi connectivity index (χ1v) is 4.34. The molecule has 0 atom stereocenters. The SMILES string of the molecule is CC(=O)Nc1c(Cl)ccc(N)c1C=[NH2+]. The van der Waals surface area contributed by atoms with Crippen molar-refractivity contribution in [3.05, 3.63) is 22.7 Å². The van der Waals surface area contributed by atoms with Crippen LogP contribution in [0.2, 0.25) is 5.02 Å². The average molecular weight is 213 g/mol. The third-order valence-electron chi connectivity index (χ3n) is 1.70. The minimum atomic E-state index is -0.222. The molecule has 0 spiro atoms. The highest BCUT2D eigenvalue weighted by Crippen LogP contribution is 2.28. The van der Waals surface area contributed by atoms with Crippen LogP contribution in [-0.2, 0) is 4.79 Å². The van der Waals surface area contributed by atoms with Crippen LogP contribution in [0, 0.1) is 0 Å². The van der Waals surface area contributed by atoms with Crippen LogP contribution in [-0.4, -0.2) is 12.1 Å². The van der Waals surface area contributed by atoms with Gasteiger partial charge >= 0.3 is 0 Å². The maximum atomic E-state index is 10.9. The molecule has 0 aliphatic carbocycles. The van der Waals surface area contributed by atoms with E-state index in [1.165, 1.54) is 13.1 Å². The Morgan fingerprint density at radius 3 is 2.79 bits per heavy atom. The van der Waals surface area contributed by atoms with Crippen molar-refractivity contribution < 1.29 is 10.2 Å². The van der Waals surface area contributed by atoms with E-state index in [0.717, 1.165) is 0 Å². The van der Waals surface area contributed by atoms with Crippen molar-refractivity contribution in [2.45, 2.75) is 6.92 Å². The molecule has 0 radical (unpaired) electrons. The molecule has 0 aromatic heterocycles. The van der Waals surface area contributed by atoms with Crippen LogP contribution in [0.1, 0.15) is 12.5 Å². The van der Waals surface area contributed by atoms with E-state index in [-0.39, 0.29) is 5.91 Å². The Bertz CT molecular complexity index is 390. The summed E-state index contributed by atoms with van der Waals surface area (Å²) < 4.78 is 0. The number of anilines is 2. The van der Waals surface area contributed by atoms with Crippen molar-refractivity contribution in [3.8, 4) is 0 Å². The lowest BCUT2D eigenvalue weighted by Crippen LogP contribution is -2.31. The second kappa shape index (κ2) is 4.11. The maximum absolute atomic E-state index is 10.9. The van der Waals surface area contributed by atoms with Gasteiger partial charge in [-0.3, -0.25) is 10.2 Å². The zero-order valence-corrected chi connectivity index (χ0v) is 8.43. The average Bonchev–Trinajstić information content (AvgIpc) is 2.11. The van der Waals surface area contributed by atoms with E-state index >= 15 is 0 Å². The molecular formula is C9H11ClN3O+. The highest BCUT2D eigenvalue weighted by molar-refractivity contribution is 6.34. The van der Waals surface area contributed by atoms with Gasteiger partial charge in [-0.1, -0.05) is 11.6 Å². The highest BCUT2D eigenvalue weighted by atomic mass is 35.5. The van der Waals surface area contributed by atoms with Crippen LogP contribution in [0.5, 0.6) is 0 Å². The Kier molecular flexibility index (Phi) is 3.09. The zero-order valence-electron chi connectivity index (χ0n) is 7.67. The van der Waals surface area contributed by atoms with Crippen LogP contribution >= 0.6 is 11.6 Å². The molecule has 4 nitrogen and oxygen atoms in total. The van der Waals surface area contributed by atoms with Crippen LogP contribution < -0.4 is 16.5 Å². The minimum Gasteiger partial charge on any atom is -0.398 e. The number of hydrogen-bond donors (Lipinski definition) is 3. The number of halogens is 1. The molecule has 0 heterocycles. The minimum absolute atomic E-state index is 0.222. The lowest BCUT2D eigenvalue weighted by molar-refractivity contribution is -0.114. The summed E-state index contributed by atoms with van der Waals surface area (Å²) in [6.45, 7) is 1.39. The fourth-order valence-electron chi connectivity index (χ4n) is 1.09. The predicted molar refractivity (Wildman–Crippen MR) is 57.3 cm³/mol. The summed E-state index contributed by atoms with van der Waals surface area (Å²) in [7, 11) is 0. The van der Waals surface area contributed by atoms with Crippen molar-refractivity contribution in [2.75, 3.05) is 11.1 Å². The Morgan fingerprint density at radius 2 is 2.29 bits per heavy atom. The number of nitrogen functional groups attached to an aromatic ring is 1. The van der Waals surface area contributed by atoms with Crippen LogP contribution in [0.25, 0.3) is 0 Å². The Balaban J connectivity index is 3.29. The van der Waals surface area contributed by atoms with E-state index in [4.69, 9.17) is 22.7 Å². The summed E-state index contributed by atoms with van der Waals surface area (Å²) in [6.07, 6.45) is 1.31. The summed E-state index contributed by atoms with van der Waals surface area (Å²) in [6, 6.07) is 3.24. The molecule has 1 aromatic rings. The zero-order chi connectivity index (χ0) is 10.7. The summed E-state index contributed by atoms with van der Waals surface area (Å²) in [5.74, 6) is -0.222. The molecule has 1 rings (SSSR count). The first-order valence-electron chi connectivity index (χ1n) is 3.96. The van der Waals surface area contributed by atoms with Crippen LogP contribution in [0.3, 0.4) is 0 Å². The number of amides is 1. The molecule has 0 bridgehead atoms. The van der Waals surface area contributed by atoms with Gasteiger partial charge in [-0.2, -0.15) is 0 Å². The number of carbonyl (C=O) groups excluding carboxylic acids is 1. The Morgan fingerprint density at radius 1 is 1.64 bits per heavy atom. The lowest BCUT2D eigenvalue weighted by atomic mass is 10.1. The van der Waals surface area contributed by atoms with E-state index in [9.17, 15) is 4.79 Å². The lowest BCUT2D eigenvalue weighted by Gasteiger charge is -2.08. The standard InChI is InChI=1S/C9H10ClN3O/c1-5(14)13-9-6(4-11)8(12)3-2-7(9)10/h2-4,11H,12H2,1H3,(H,13,14)/p+1. The van der Waals surface area contributed by atoms with Gasteiger partial charge in [0, 0.05) is 12.6 Å². The second-order valence-corrected chi connectivity index (χ2v) is 3.18. The first-order chi connectivity index (χ1) is 6.56. The third-order valence-corrected chi connectivity index (χ3v) is 2.01. The van der Waals surface area contributed by atoms with Crippen molar-refractivity contribution in [2.24, 2.45) is 0 Å². The molecule has 74 valence electrons. The molecule has 0 saturated carbocycles. The monoisotopic (exact) mass is 212 g/mol. The van der Waals surface area contributed by atoms with E-state index in [2.05, 4.69) is 5.32 Å². The summed E-state index contributed by atoms with van der Waals surface area (Å²) >= 11 is 5.88. The van der Waals surface area contributed by atoms with E-state index in [1.807, 2.05) is 0 Å². The Labute approximate surface area is 86.6 Å². The molecule has 1 amide bonds. The smallest absolute Gasteiger partial charge is 0.221 e. The summed E-state index contributed by atoms with van der Waals surface area (Å²) in [5, 5.41) is 8.36. The fourth-order valence-corrected chi connectivity index (χ4v) is 1.30. The molecule has 0 aliphatic rings. The number of nitrogens with one attached hydrogen (secondary N) is 1. The summed E-state index contributed by atoms with van der Waals surface area (Å²) in [4.78, 5) is 10.9. The number of nitrogens with two attached hydrogens (primary N) is 2. The number of hydrogen-bond acceptors (Lipinski definition) is 2. The fraction of sp³-hybridized carbons (Fsp3) is 0.111. The molecule has 0 unspecified atom stereocenters. The molecule has 5 heteroatoms. The number of rotatable bonds is 2. The second-order valence-electron chi connectivity index (χ2n) is 2.77. The van der Waals surface area contributed by atoms with Crippen LogP contribution in [0.4, 0.5) is 11.4 Å². The van der Waals surface area contributed by atoms with Gasteiger partial charge in [0.05, 0.1) is 16.3 Å². The van der Waals surface area contributed by atoms with Crippen molar-refractivity contribution >= 4 is 35.1 Å². The normalized spacial score (nSPS) is 9.57. The number of carbonyl (C=O) groups is 1. The Hall–Kier alpha value is -1.55.